The van der Waals surface area contributed by atoms with E-state index >= 15 is 0 Å². The number of carboxylic acids is 2. The lowest BCUT2D eigenvalue weighted by molar-refractivity contribution is -0.146. The molecule has 0 aliphatic heterocycles. The molecular formula is C18H21NO5. The minimum absolute atomic E-state index is 0.0398. The van der Waals surface area contributed by atoms with Gasteiger partial charge in [-0.15, -0.1) is 0 Å². The van der Waals surface area contributed by atoms with Crippen molar-refractivity contribution in [2.45, 2.75) is 33.3 Å². The summed E-state index contributed by atoms with van der Waals surface area (Å²) in [6.45, 7) is 3.28. The fourth-order valence-corrected chi connectivity index (χ4v) is 2.83. The zero-order chi connectivity index (χ0) is 17.9. The minimum atomic E-state index is -1.25. The number of aliphatic hydroxyl groups is 1. The number of anilines is 1. The molecule has 2 rings (SSSR count). The van der Waals surface area contributed by atoms with Crippen LogP contribution in [0.15, 0.2) is 47.2 Å². The fourth-order valence-electron chi connectivity index (χ4n) is 2.83. The topological polar surface area (TPSA) is 107 Å². The van der Waals surface area contributed by atoms with E-state index in [1.165, 1.54) is 0 Å². The van der Waals surface area contributed by atoms with Crippen molar-refractivity contribution >= 4 is 17.6 Å². The van der Waals surface area contributed by atoms with Crippen LogP contribution in [0.3, 0.4) is 0 Å². The summed E-state index contributed by atoms with van der Waals surface area (Å²) in [5, 5.41) is 31.4. The molecule has 0 saturated heterocycles. The smallest absolute Gasteiger partial charge is 0.331 e. The van der Waals surface area contributed by atoms with E-state index < -0.39 is 17.4 Å². The summed E-state index contributed by atoms with van der Waals surface area (Å²) in [6.07, 6.45) is 1.85. The van der Waals surface area contributed by atoms with Crippen molar-refractivity contribution < 1.29 is 24.9 Å². The summed E-state index contributed by atoms with van der Waals surface area (Å²) in [4.78, 5) is 23.3. The van der Waals surface area contributed by atoms with E-state index in [4.69, 9.17) is 0 Å². The third-order valence-corrected chi connectivity index (χ3v) is 4.47. The van der Waals surface area contributed by atoms with Gasteiger partial charge < -0.3 is 20.6 Å². The van der Waals surface area contributed by atoms with Gasteiger partial charge in [0, 0.05) is 17.0 Å². The zero-order valence-corrected chi connectivity index (χ0v) is 13.7. The quantitative estimate of drug-likeness (QED) is 0.638. The summed E-state index contributed by atoms with van der Waals surface area (Å²) in [6, 6.07) is 7.03. The lowest BCUT2D eigenvalue weighted by atomic mass is 9.73. The first-order chi connectivity index (χ1) is 11.3. The first-order valence-electron chi connectivity index (χ1n) is 7.69. The highest BCUT2D eigenvalue weighted by molar-refractivity contribution is 5.92. The van der Waals surface area contributed by atoms with Gasteiger partial charge in [-0.3, -0.25) is 4.79 Å². The molecule has 24 heavy (non-hydrogen) atoms. The van der Waals surface area contributed by atoms with Gasteiger partial charge in [0.05, 0.1) is 12.0 Å². The standard InChI is InChI=1S/C18H21NO5/c1-3-18(17(23)24)8-14(16(21)22)11(2)15(9-18)19-13-6-4-5-12(7-13)10-20/h4-7,9,19-20H,3,8,10H2,1-2H3,(H,21,22)(H,23,24). The molecule has 128 valence electrons. The van der Waals surface area contributed by atoms with Crippen molar-refractivity contribution in [2.75, 3.05) is 5.32 Å². The Kier molecular flexibility index (Phi) is 5.09. The fraction of sp³-hybridized carbons (Fsp3) is 0.333. The van der Waals surface area contributed by atoms with E-state index in [1.54, 1.807) is 44.2 Å². The van der Waals surface area contributed by atoms with Crippen LogP contribution in [0.1, 0.15) is 32.3 Å². The van der Waals surface area contributed by atoms with Crippen LogP contribution in [0, 0.1) is 5.41 Å². The normalized spacial score (nSPS) is 20.5. The molecule has 0 bridgehead atoms. The summed E-state index contributed by atoms with van der Waals surface area (Å²) < 4.78 is 0. The third kappa shape index (κ3) is 3.33. The predicted octanol–water partition coefficient (Wildman–Crippen LogP) is 2.76. The van der Waals surface area contributed by atoms with Crippen LogP contribution in [0.4, 0.5) is 5.69 Å². The highest BCUT2D eigenvalue weighted by Crippen LogP contribution is 2.41. The van der Waals surface area contributed by atoms with Crippen molar-refractivity contribution in [3.63, 3.8) is 0 Å². The summed E-state index contributed by atoms with van der Waals surface area (Å²) >= 11 is 0. The van der Waals surface area contributed by atoms with E-state index in [2.05, 4.69) is 5.32 Å². The van der Waals surface area contributed by atoms with Gasteiger partial charge in [0.1, 0.15) is 0 Å². The van der Waals surface area contributed by atoms with Crippen LogP contribution in [0.5, 0.6) is 0 Å². The first-order valence-corrected chi connectivity index (χ1v) is 7.69. The molecule has 1 aromatic rings. The molecule has 6 heteroatoms. The van der Waals surface area contributed by atoms with Gasteiger partial charge >= 0.3 is 11.9 Å². The van der Waals surface area contributed by atoms with Gasteiger partial charge in [-0.2, -0.15) is 0 Å². The molecule has 6 nitrogen and oxygen atoms in total. The van der Waals surface area contributed by atoms with Crippen LogP contribution in [0.2, 0.25) is 0 Å². The number of hydrogen-bond donors (Lipinski definition) is 4. The van der Waals surface area contributed by atoms with Gasteiger partial charge in [0.25, 0.3) is 0 Å². The lowest BCUT2D eigenvalue weighted by Gasteiger charge is -2.32. The molecule has 0 amide bonds. The maximum absolute atomic E-state index is 11.8. The molecule has 0 saturated carbocycles. The number of rotatable bonds is 6. The maximum atomic E-state index is 11.8. The number of aliphatic carboxylic acids is 2. The Morgan fingerprint density at radius 3 is 2.54 bits per heavy atom. The van der Waals surface area contributed by atoms with E-state index in [0.29, 0.717) is 22.5 Å². The Morgan fingerprint density at radius 2 is 2.00 bits per heavy atom. The molecule has 1 aliphatic carbocycles. The highest BCUT2D eigenvalue weighted by Gasteiger charge is 2.41. The van der Waals surface area contributed by atoms with E-state index in [-0.39, 0.29) is 25.0 Å². The van der Waals surface area contributed by atoms with E-state index in [9.17, 15) is 24.9 Å². The molecule has 0 spiro atoms. The molecule has 0 fully saturated rings. The van der Waals surface area contributed by atoms with Crippen molar-refractivity contribution in [3.8, 4) is 0 Å². The number of carbonyl (C=O) groups is 2. The summed E-state index contributed by atoms with van der Waals surface area (Å²) in [5.74, 6) is -2.15. The Morgan fingerprint density at radius 1 is 1.29 bits per heavy atom. The molecule has 4 N–H and O–H groups in total. The van der Waals surface area contributed by atoms with Crippen LogP contribution in [0.25, 0.3) is 0 Å². The zero-order valence-electron chi connectivity index (χ0n) is 13.7. The molecule has 0 heterocycles. The Bertz CT molecular complexity index is 735. The Balaban J connectivity index is 2.49. The number of hydrogen-bond acceptors (Lipinski definition) is 4. The van der Waals surface area contributed by atoms with Crippen LogP contribution in [-0.2, 0) is 16.2 Å². The monoisotopic (exact) mass is 331 g/mol. The number of carboxylic acid groups (broad SMARTS) is 2. The average molecular weight is 331 g/mol. The van der Waals surface area contributed by atoms with E-state index in [0.717, 1.165) is 0 Å². The second-order valence-electron chi connectivity index (χ2n) is 5.94. The average Bonchev–Trinajstić information content (AvgIpc) is 2.56. The second kappa shape index (κ2) is 6.88. The maximum Gasteiger partial charge on any atom is 0.331 e. The highest BCUT2D eigenvalue weighted by atomic mass is 16.4. The Labute approximate surface area is 140 Å². The van der Waals surface area contributed by atoms with Crippen molar-refractivity contribution in [1.82, 2.24) is 0 Å². The van der Waals surface area contributed by atoms with Crippen LogP contribution in [-0.4, -0.2) is 27.3 Å². The van der Waals surface area contributed by atoms with Gasteiger partial charge in [-0.25, -0.2) is 4.79 Å². The van der Waals surface area contributed by atoms with Crippen LogP contribution >= 0.6 is 0 Å². The third-order valence-electron chi connectivity index (χ3n) is 4.47. The Hall–Kier alpha value is -2.60. The number of allylic oxidation sites excluding steroid dienone is 1. The van der Waals surface area contributed by atoms with Gasteiger partial charge in [0.15, 0.2) is 0 Å². The number of benzene rings is 1. The molecule has 1 aromatic carbocycles. The van der Waals surface area contributed by atoms with E-state index in [1.807, 2.05) is 0 Å². The van der Waals surface area contributed by atoms with Gasteiger partial charge in [-0.05, 0) is 49.1 Å². The molecular weight excluding hydrogens is 310 g/mol. The molecule has 1 unspecified atom stereocenters. The molecule has 0 aromatic heterocycles. The largest absolute Gasteiger partial charge is 0.481 e. The molecule has 1 atom stereocenters. The SMILES string of the molecule is CCC1(C(=O)O)C=C(Nc2cccc(CO)c2)C(C)=C(C(=O)O)C1. The van der Waals surface area contributed by atoms with Crippen LogP contribution < -0.4 is 5.32 Å². The predicted molar refractivity (Wildman–Crippen MR) is 89.4 cm³/mol. The molecule has 0 radical (unpaired) electrons. The second-order valence-corrected chi connectivity index (χ2v) is 5.94. The summed E-state index contributed by atoms with van der Waals surface area (Å²) in [7, 11) is 0. The summed E-state index contributed by atoms with van der Waals surface area (Å²) in [5.41, 5.74) is 1.21. The van der Waals surface area contributed by atoms with Gasteiger partial charge in [0.2, 0.25) is 0 Å². The number of aliphatic hydroxyl groups excluding tert-OH is 1. The number of nitrogens with one attached hydrogen (secondary N) is 1. The van der Waals surface area contributed by atoms with Crippen molar-refractivity contribution in [1.29, 1.82) is 0 Å². The van der Waals surface area contributed by atoms with Gasteiger partial charge in [-0.1, -0.05) is 19.1 Å². The van der Waals surface area contributed by atoms with Crippen molar-refractivity contribution in [3.05, 3.63) is 52.7 Å². The lowest BCUT2D eigenvalue weighted by Crippen LogP contribution is -2.34. The molecule has 1 aliphatic rings. The van der Waals surface area contributed by atoms with Crippen molar-refractivity contribution in [2.24, 2.45) is 5.41 Å². The first kappa shape index (κ1) is 17.7. The minimum Gasteiger partial charge on any atom is -0.481 e.